The normalized spacial score (nSPS) is 12.8. The monoisotopic (exact) mass is 566 g/mol. The Morgan fingerprint density at radius 2 is 0.932 bits per heavy atom. The summed E-state index contributed by atoms with van der Waals surface area (Å²) in [4.78, 5) is 0. The molecule has 0 aromatic heterocycles. The summed E-state index contributed by atoms with van der Waals surface area (Å²) >= 11 is 0. The van der Waals surface area contributed by atoms with Crippen LogP contribution in [0.3, 0.4) is 0 Å². The second kappa shape index (κ2) is 11.4. The molecule has 0 atom stereocenters. The first-order valence-corrected chi connectivity index (χ1v) is 16.5. The van der Waals surface area contributed by atoms with Crippen LogP contribution in [0.2, 0.25) is 0 Å². The van der Waals surface area contributed by atoms with E-state index in [1.807, 2.05) is 0 Å². The highest BCUT2D eigenvalue weighted by Crippen LogP contribution is 2.47. The lowest BCUT2D eigenvalue weighted by atomic mass is 9.84. The van der Waals surface area contributed by atoms with Gasteiger partial charge in [-0.2, -0.15) is 0 Å². The molecule has 44 heavy (non-hydrogen) atoms. The Kier molecular flexibility index (Phi) is 6.99. The molecule has 0 heterocycles. The van der Waals surface area contributed by atoms with Crippen molar-refractivity contribution in [2.45, 2.75) is 51.9 Å². The number of fused-ring (bicyclic) bond motifs is 5. The first kappa shape index (κ1) is 26.9. The van der Waals surface area contributed by atoms with Crippen molar-refractivity contribution in [3.63, 3.8) is 0 Å². The molecule has 0 spiro atoms. The molecule has 0 unspecified atom stereocenters. The Hall–Kier alpha value is -4.68. The Labute approximate surface area is 260 Å². The van der Waals surface area contributed by atoms with Gasteiger partial charge in [0.05, 0.1) is 0 Å². The summed E-state index contributed by atoms with van der Waals surface area (Å²) in [5.41, 5.74) is 9.99. The molecule has 8 rings (SSSR count). The number of allylic oxidation sites excluding steroid dienone is 1. The quantitative estimate of drug-likeness (QED) is 0.127. The number of hydrogen-bond acceptors (Lipinski definition) is 0. The minimum atomic E-state index is 1.03. The van der Waals surface area contributed by atoms with E-state index in [0.717, 1.165) is 6.42 Å². The van der Waals surface area contributed by atoms with Gasteiger partial charge in [-0.3, -0.25) is 0 Å². The van der Waals surface area contributed by atoms with Crippen molar-refractivity contribution in [1.82, 2.24) is 0 Å². The van der Waals surface area contributed by atoms with Crippen LogP contribution in [0.25, 0.3) is 71.4 Å². The molecule has 0 bridgehead atoms. The average Bonchev–Trinajstić information content (AvgIpc) is 3.50. The lowest BCUT2D eigenvalue weighted by molar-refractivity contribution is 0.629. The van der Waals surface area contributed by atoms with Crippen molar-refractivity contribution in [3.05, 3.63) is 138 Å². The smallest absolute Gasteiger partial charge is 0.00207 e. The van der Waals surface area contributed by atoms with E-state index in [1.165, 1.54) is 115 Å². The molecule has 214 valence electrons. The fourth-order valence-electron chi connectivity index (χ4n) is 7.68. The van der Waals surface area contributed by atoms with Crippen LogP contribution in [0.4, 0.5) is 0 Å². The van der Waals surface area contributed by atoms with Crippen molar-refractivity contribution >= 4 is 49.2 Å². The van der Waals surface area contributed by atoms with Crippen molar-refractivity contribution in [2.24, 2.45) is 0 Å². The van der Waals surface area contributed by atoms with E-state index < -0.39 is 0 Å². The van der Waals surface area contributed by atoms with E-state index >= 15 is 0 Å². The number of rotatable bonds is 8. The van der Waals surface area contributed by atoms with E-state index in [2.05, 4.69) is 134 Å². The highest BCUT2D eigenvalue weighted by Gasteiger charge is 2.24. The van der Waals surface area contributed by atoms with Crippen LogP contribution in [0, 0.1) is 0 Å². The molecule has 1 aliphatic rings. The zero-order valence-corrected chi connectivity index (χ0v) is 25.6. The minimum Gasteiger partial charge on any atom is -0.0654 e. The molecule has 0 heteroatoms. The first-order chi connectivity index (χ1) is 21.8. The Bertz CT molecular complexity index is 2100. The highest BCUT2D eigenvalue weighted by atomic mass is 14.3. The Morgan fingerprint density at radius 3 is 1.45 bits per heavy atom. The standard InChI is InChI=1S/C44H38/c1-2-3-4-5-6-15-30-26-41-39(43-35-20-11-7-16-31(35)28-32-17-8-12-21-36(32)43)24-25-40(42(41)27-30)44-37-22-13-9-18-33(37)29-34-19-10-14-23-38(34)44/h7-14,16-26,28-29H,2-6,15,27H2,1H3. The van der Waals surface area contributed by atoms with Crippen molar-refractivity contribution in [2.75, 3.05) is 0 Å². The van der Waals surface area contributed by atoms with Crippen LogP contribution in [-0.4, -0.2) is 0 Å². The van der Waals surface area contributed by atoms with E-state index in [4.69, 9.17) is 0 Å². The van der Waals surface area contributed by atoms with E-state index in [-0.39, 0.29) is 0 Å². The molecule has 7 aromatic carbocycles. The molecule has 0 amide bonds. The van der Waals surface area contributed by atoms with E-state index in [0.29, 0.717) is 0 Å². The van der Waals surface area contributed by atoms with Gasteiger partial charge in [-0.05, 0) is 108 Å². The molecule has 0 saturated carbocycles. The minimum absolute atomic E-state index is 1.03. The second-order valence-corrected chi connectivity index (χ2v) is 12.6. The van der Waals surface area contributed by atoms with Crippen LogP contribution in [0.1, 0.15) is 56.6 Å². The molecule has 0 N–H and O–H groups in total. The summed E-state index contributed by atoms with van der Waals surface area (Å²) in [5.74, 6) is 0. The third-order valence-electron chi connectivity index (χ3n) is 9.79. The third kappa shape index (κ3) is 4.61. The molecular formula is C44H38. The fraction of sp³-hybridized carbons (Fsp3) is 0.182. The molecule has 7 aromatic rings. The van der Waals surface area contributed by atoms with Gasteiger partial charge in [0.2, 0.25) is 0 Å². The molecule has 0 nitrogen and oxygen atoms in total. The fourth-order valence-corrected chi connectivity index (χ4v) is 7.68. The van der Waals surface area contributed by atoms with Crippen LogP contribution in [0.5, 0.6) is 0 Å². The van der Waals surface area contributed by atoms with Crippen molar-refractivity contribution < 1.29 is 0 Å². The van der Waals surface area contributed by atoms with Gasteiger partial charge in [-0.25, -0.2) is 0 Å². The zero-order valence-electron chi connectivity index (χ0n) is 25.6. The molecule has 0 aliphatic heterocycles. The summed E-state index contributed by atoms with van der Waals surface area (Å²) in [5, 5.41) is 10.6. The largest absolute Gasteiger partial charge is 0.0654 e. The summed E-state index contributed by atoms with van der Waals surface area (Å²) < 4.78 is 0. The zero-order chi connectivity index (χ0) is 29.5. The molecule has 0 radical (unpaired) electrons. The van der Waals surface area contributed by atoms with Crippen LogP contribution in [-0.2, 0) is 6.42 Å². The molecular weight excluding hydrogens is 528 g/mol. The third-order valence-corrected chi connectivity index (χ3v) is 9.79. The van der Waals surface area contributed by atoms with Gasteiger partial charge in [-0.15, -0.1) is 0 Å². The van der Waals surface area contributed by atoms with Gasteiger partial charge in [0, 0.05) is 0 Å². The lowest BCUT2D eigenvalue weighted by Gasteiger charge is -2.19. The Morgan fingerprint density at radius 1 is 0.477 bits per heavy atom. The van der Waals surface area contributed by atoms with Crippen molar-refractivity contribution in [1.29, 1.82) is 0 Å². The molecule has 1 aliphatic carbocycles. The van der Waals surface area contributed by atoms with Gasteiger partial charge >= 0.3 is 0 Å². The maximum atomic E-state index is 2.57. The molecule has 0 fully saturated rings. The van der Waals surface area contributed by atoms with Crippen LogP contribution >= 0.6 is 0 Å². The average molecular weight is 567 g/mol. The predicted octanol–water partition coefficient (Wildman–Crippen LogP) is 12.9. The SMILES string of the molecule is CCCCCCCC1=Cc2c(-c3c4ccccc4cc4ccccc34)ccc(-c3c4ccccc4cc4ccccc34)c2C1. The molecule has 0 saturated heterocycles. The summed E-state index contributed by atoms with van der Waals surface area (Å²) in [7, 11) is 0. The van der Waals surface area contributed by atoms with Gasteiger partial charge in [0.25, 0.3) is 0 Å². The topological polar surface area (TPSA) is 0 Å². The first-order valence-electron chi connectivity index (χ1n) is 16.5. The van der Waals surface area contributed by atoms with Crippen LogP contribution in [0.15, 0.2) is 127 Å². The highest BCUT2D eigenvalue weighted by molar-refractivity contribution is 6.16. The van der Waals surface area contributed by atoms with Crippen molar-refractivity contribution in [3.8, 4) is 22.3 Å². The van der Waals surface area contributed by atoms with E-state index in [1.54, 1.807) is 5.57 Å². The summed E-state index contributed by atoms with van der Waals surface area (Å²) in [6.07, 6.45) is 11.4. The summed E-state index contributed by atoms with van der Waals surface area (Å²) in [6.45, 7) is 2.30. The maximum Gasteiger partial charge on any atom is -0.00207 e. The number of hydrogen-bond donors (Lipinski definition) is 0. The number of benzene rings is 7. The van der Waals surface area contributed by atoms with Gasteiger partial charge in [-0.1, -0.05) is 153 Å². The second-order valence-electron chi connectivity index (χ2n) is 12.6. The Balaban J connectivity index is 1.38. The van der Waals surface area contributed by atoms with E-state index in [9.17, 15) is 0 Å². The number of unbranched alkanes of at least 4 members (excludes halogenated alkanes) is 4. The van der Waals surface area contributed by atoms with Gasteiger partial charge in [0.15, 0.2) is 0 Å². The van der Waals surface area contributed by atoms with Gasteiger partial charge in [0.1, 0.15) is 0 Å². The lowest BCUT2D eigenvalue weighted by Crippen LogP contribution is -1.96. The van der Waals surface area contributed by atoms with Gasteiger partial charge < -0.3 is 0 Å². The maximum absolute atomic E-state index is 2.57. The van der Waals surface area contributed by atoms with Crippen LogP contribution < -0.4 is 0 Å². The predicted molar refractivity (Wildman–Crippen MR) is 192 cm³/mol. The summed E-state index contributed by atoms with van der Waals surface area (Å²) in [6, 6.07) is 45.3.